The Kier molecular flexibility index (Phi) is 10.2. The van der Waals surface area contributed by atoms with Crippen molar-refractivity contribution in [3.8, 4) is 22.8 Å². The van der Waals surface area contributed by atoms with Gasteiger partial charge in [0.25, 0.3) is 0 Å². The van der Waals surface area contributed by atoms with E-state index in [4.69, 9.17) is 12.2 Å². The van der Waals surface area contributed by atoms with Crippen molar-refractivity contribution >= 4 is 45.9 Å². The minimum absolute atomic E-state index is 0.00190. The first-order chi connectivity index (χ1) is 21.6. The first-order valence-corrected chi connectivity index (χ1v) is 15.7. The number of amidine groups is 1. The molecule has 0 aliphatic carbocycles. The maximum Gasteiger partial charge on any atom is 0.573 e. The van der Waals surface area contributed by atoms with Crippen LogP contribution in [0.1, 0.15) is 43.7 Å². The maximum absolute atomic E-state index is 12.7. The molecule has 1 saturated heterocycles. The minimum Gasteiger partial charge on any atom is -0.406 e. The van der Waals surface area contributed by atoms with Crippen LogP contribution in [0.5, 0.6) is 5.75 Å². The van der Waals surface area contributed by atoms with Crippen LogP contribution in [0.15, 0.2) is 84.1 Å². The first-order valence-electron chi connectivity index (χ1n) is 14.4. The van der Waals surface area contributed by atoms with Crippen molar-refractivity contribution in [1.82, 2.24) is 20.1 Å². The molecule has 0 bridgehead atoms. The number of unbranched alkanes of at least 4 members (excludes halogenated alkanes) is 1. The molecule has 234 valence electrons. The summed E-state index contributed by atoms with van der Waals surface area (Å²) < 4.78 is 42.6. The Bertz CT molecular complexity index is 1670. The highest BCUT2D eigenvalue weighted by atomic mass is 32.2. The molecular formula is C32H31F3N6O2S2. The Balaban J connectivity index is 1.09. The van der Waals surface area contributed by atoms with Crippen molar-refractivity contribution in [3.05, 3.63) is 90.3 Å². The first kappa shape index (κ1) is 32.2. The van der Waals surface area contributed by atoms with E-state index in [2.05, 4.69) is 39.0 Å². The average molecular weight is 653 g/mol. The van der Waals surface area contributed by atoms with Crippen molar-refractivity contribution in [1.29, 1.82) is 0 Å². The summed E-state index contributed by atoms with van der Waals surface area (Å²) in [4.78, 5) is 23.3. The standard InChI is InChI=1S/C32H31F3N6O2S2/c1-21(2)26-8-3-4-9-27(26)41-28(42)19-45-31(41)38-30(44)36-18-6-5-7-22-10-12-23(13-11-22)29-37-20-40(39-29)24-14-16-25(17-15-24)43-32(33,34)35/h3-4,8-17,20-21H,5-7,18-19H2,1-2H3,(H,36,44). The highest BCUT2D eigenvalue weighted by molar-refractivity contribution is 8.15. The van der Waals surface area contributed by atoms with Crippen molar-refractivity contribution in [2.45, 2.75) is 45.4 Å². The monoisotopic (exact) mass is 652 g/mol. The van der Waals surface area contributed by atoms with Crippen molar-refractivity contribution < 1.29 is 22.7 Å². The lowest BCUT2D eigenvalue weighted by molar-refractivity contribution is -0.274. The van der Waals surface area contributed by atoms with E-state index in [1.807, 2.05) is 48.5 Å². The van der Waals surface area contributed by atoms with E-state index in [0.717, 1.165) is 36.1 Å². The zero-order valence-electron chi connectivity index (χ0n) is 24.6. The fraction of sp³-hybridized carbons (Fsp3) is 0.281. The molecule has 1 aliphatic rings. The Morgan fingerprint density at radius 1 is 1.07 bits per heavy atom. The van der Waals surface area contributed by atoms with E-state index in [0.29, 0.717) is 34.1 Å². The van der Waals surface area contributed by atoms with Crippen LogP contribution in [-0.4, -0.2) is 49.6 Å². The molecule has 1 amide bonds. The lowest BCUT2D eigenvalue weighted by Crippen LogP contribution is -2.32. The maximum atomic E-state index is 12.7. The number of thiocarbonyl (C=S) groups is 1. The van der Waals surface area contributed by atoms with E-state index >= 15 is 0 Å². The molecule has 0 unspecified atom stereocenters. The number of halogens is 3. The molecule has 1 aliphatic heterocycles. The van der Waals surface area contributed by atoms with E-state index in [9.17, 15) is 18.0 Å². The van der Waals surface area contributed by atoms with Crippen LogP contribution in [0, 0.1) is 0 Å². The van der Waals surface area contributed by atoms with Gasteiger partial charge in [0.2, 0.25) is 5.91 Å². The lowest BCUT2D eigenvalue weighted by atomic mass is 10.0. The number of aliphatic imine (C=N–C) groups is 1. The molecule has 1 fully saturated rings. The van der Waals surface area contributed by atoms with Crippen LogP contribution in [0.2, 0.25) is 0 Å². The molecule has 1 aromatic heterocycles. The van der Waals surface area contributed by atoms with Crippen molar-refractivity contribution in [3.63, 3.8) is 0 Å². The van der Waals surface area contributed by atoms with Gasteiger partial charge in [-0.05, 0) is 78.9 Å². The number of carbonyl (C=O) groups is 1. The summed E-state index contributed by atoms with van der Waals surface area (Å²) in [6, 6.07) is 21.3. The van der Waals surface area contributed by atoms with Crippen LogP contribution in [0.3, 0.4) is 0 Å². The molecule has 1 N–H and O–H groups in total. The predicted molar refractivity (Wildman–Crippen MR) is 175 cm³/mol. The molecule has 0 atom stereocenters. The Hall–Kier alpha value is -4.23. The average Bonchev–Trinajstić information content (AvgIpc) is 3.64. The summed E-state index contributed by atoms with van der Waals surface area (Å²) in [6.07, 6.45) is -0.529. The van der Waals surface area contributed by atoms with E-state index in [1.165, 1.54) is 52.6 Å². The molecule has 5 rings (SSSR count). The molecule has 0 spiro atoms. The highest BCUT2D eigenvalue weighted by Crippen LogP contribution is 2.33. The lowest BCUT2D eigenvalue weighted by Gasteiger charge is -2.21. The third-order valence-corrected chi connectivity index (χ3v) is 8.13. The zero-order valence-corrected chi connectivity index (χ0v) is 26.3. The summed E-state index contributed by atoms with van der Waals surface area (Å²) in [5.74, 6) is 0.804. The van der Waals surface area contributed by atoms with Gasteiger partial charge in [-0.2, -0.15) is 4.99 Å². The van der Waals surface area contributed by atoms with Gasteiger partial charge < -0.3 is 10.1 Å². The number of anilines is 1. The van der Waals surface area contributed by atoms with Gasteiger partial charge in [-0.25, -0.2) is 9.67 Å². The normalized spacial score (nSPS) is 14.4. The van der Waals surface area contributed by atoms with Gasteiger partial charge >= 0.3 is 6.36 Å². The van der Waals surface area contributed by atoms with Crippen molar-refractivity contribution in [2.24, 2.45) is 4.99 Å². The SMILES string of the molecule is CC(C)c1ccccc1N1C(=O)CSC1=NC(=S)NCCCCc1ccc(-c2ncn(-c3ccc(OC(F)(F)F)cc3)n2)cc1. The fourth-order valence-corrected chi connectivity index (χ4v) is 5.89. The number of nitrogens with one attached hydrogen (secondary N) is 1. The molecule has 13 heteroatoms. The minimum atomic E-state index is -4.74. The van der Waals surface area contributed by atoms with Crippen LogP contribution < -0.4 is 15.0 Å². The summed E-state index contributed by atoms with van der Waals surface area (Å²) in [5, 5.41) is 8.60. The summed E-state index contributed by atoms with van der Waals surface area (Å²) >= 11 is 6.86. The molecule has 2 heterocycles. The zero-order chi connectivity index (χ0) is 32.0. The number of hydrogen-bond acceptors (Lipinski definition) is 6. The third-order valence-electron chi connectivity index (χ3n) is 6.97. The molecule has 0 radical (unpaired) electrons. The number of hydrogen-bond donors (Lipinski definition) is 1. The largest absolute Gasteiger partial charge is 0.573 e. The number of ether oxygens (including phenoxy) is 1. The van der Waals surface area contributed by atoms with Crippen LogP contribution >= 0.6 is 24.0 Å². The quantitative estimate of drug-likeness (QED) is 0.142. The van der Waals surface area contributed by atoms with Crippen LogP contribution in [-0.2, 0) is 11.2 Å². The molecule has 0 saturated carbocycles. The van der Waals surface area contributed by atoms with Crippen LogP contribution in [0.4, 0.5) is 18.9 Å². The number of nitrogens with zero attached hydrogens (tertiary/aromatic N) is 5. The van der Waals surface area contributed by atoms with E-state index < -0.39 is 6.36 Å². The number of para-hydroxylation sites is 1. The van der Waals surface area contributed by atoms with Gasteiger partial charge in [0.15, 0.2) is 16.1 Å². The van der Waals surface area contributed by atoms with Gasteiger partial charge in [0.1, 0.15) is 12.1 Å². The second-order valence-electron chi connectivity index (χ2n) is 10.6. The molecule has 4 aromatic rings. The van der Waals surface area contributed by atoms with E-state index in [-0.39, 0.29) is 17.6 Å². The molecule has 3 aromatic carbocycles. The second kappa shape index (κ2) is 14.2. The number of rotatable bonds is 10. The fourth-order valence-electron chi connectivity index (χ4n) is 4.78. The summed E-state index contributed by atoms with van der Waals surface area (Å²) in [7, 11) is 0. The molecular weight excluding hydrogens is 622 g/mol. The third kappa shape index (κ3) is 8.49. The number of carbonyl (C=O) groups excluding carboxylic acids is 1. The number of amides is 1. The number of benzene rings is 3. The number of alkyl halides is 3. The van der Waals surface area contributed by atoms with Crippen molar-refractivity contribution in [2.75, 3.05) is 17.2 Å². The number of aryl methyl sites for hydroxylation is 1. The molecule has 8 nitrogen and oxygen atoms in total. The van der Waals surface area contributed by atoms with E-state index in [1.54, 1.807) is 4.90 Å². The summed E-state index contributed by atoms with van der Waals surface area (Å²) in [5.41, 5.74) is 4.50. The second-order valence-corrected chi connectivity index (χ2v) is 11.9. The molecule has 45 heavy (non-hydrogen) atoms. The highest BCUT2D eigenvalue weighted by Gasteiger charge is 2.32. The van der Waals surface area contributed by atoms with Gasteiger partial charge in [0.05, 0.1) is 17.1 Å². The number of aromatic nitrogens is 3. The number of thioether (sulfide) groups is 1. The predicted octanol–water partition coefficient (Wildman–Crippen LogP) is 7.29. The van der Waals surface area contributed by atoms with Gasteiger partial charge in [0, 0.05) is 12.1 Å². The van der Waals surface area contributed by atoms with Crippen LogP contribution in [0.25, 0.3) is 17.1 Å². The Labute approximate surface area is 268 Å². The smallest absolute Gasteiger partial charge is 0.406 e. The summed E-state index contributed by atoms with van der Waals surface area (Å²) in [6.45, 7) is 4.87. The Morgan fingerprint density at radius 3 is 2.51 bits per heavy atom. The Morgan fingerprint density at radius 2 is 1.80 bits per heavy atom. The topological polar surface area (TPSA) is 84.6 Å². The van der Waals surface area contributed by atoms with Gasteiger partial charge in [-0.15, -0.1) is 18.3 Å². The van der Waals surface area contributed by atoms with Gasteiger partial charge in [-0.3, -0.25) is 9.69 Å². The van der Waals surface area contributed by atoms with Gasteiger partial charge in [-0.1, -0.05) is 68.1 Å².